The summed E-state index contributed by atoms with van der Waals surface area (Å²) in [6.07, 6.45) is 0. The van der Waals surface area contributed by atoms with Gasteiger partial charge in [0.25, 0.3) is 5.91 Å². The van der Waals surface area contributed by atoms with E-state index in [2.05, 4.69) is 10.1 Å². The molecule has 0 spiro atoms. The van der Waals surface area contributed by atoms with E-state index in [0.717, 1.165) is 5.71 Å². The molecular weight excluding hydrogens is 284 g/mol. The van der Waals surface area contributed by atoms with Crippen molar-refractivity contribution in [3.63, 3.8) is 0 Å². The summed E-state index contributed by atoms with van der Waals surface area (Å²) in [7, 11) is 3.46. The van der Waals surface area contributed by atoms with E-state index in [4.69, 9.17) is 0 Å². The Balaban J connectivity index is 2.00. The summed E-state index contributed by atoms with van der Waals surface area (Å²) in [5.74, 6) is 1.12. The molecule has 3 amide bonds. The van der Waals surface area contributed by atoms with Gasteiger partial charge in [0, 0.05) is 13.6 Å². The molecule has 1 fully saturated rings. The van der Waals surface area contributed by atoms with Gasteiger partial charge < -0.3 is 0 Å². The smallest absolute Gasteiger partial charge is 0.270 e. The van der Waals surface area contributed by atoms with Crippen LogP contribution < -0.4 is 0 Å². The minimum atomic E-state index is -0.538. The normalized spacial score (nSPS) is 24.8. The number of aliphatic imine (C=N–C) groups is 1. The van der Waals surface area contributed by atoms with Crippen molar-refractivity contribution in [1.29, 1.82) is 0 Å². The van der Waals surface area contributed by atoms with Crippen molar-refractivity contribution in [2.45, 2.75) is 26.8 Å². The van der Waals surface area contributed by atoms with Crippen LogP contribution in [0.3, 0.4) is 0 Å². The number of hydrazone groups is 1. The molecule has 0 N–H and O–H groups in total. The topological polar surface area (TPSA) is 71.6 Å². The standard InChI is InChI=1S/C14H21N6O2/c1-8(2)6-20-12(21)10-11(17(4)14(20)22)15-13-18(5)16-9(3)7-19(10)13/h8,10H,6-7H2,1-5H3/q+1. The number of likely N-dealkylation sites (N-methyl/N-ethyl adjacent to an activating group) is 1. The van der Waals surface area contributed by atoms with E-state index in [1.54, 1.807) is 19.1 Å². The second-order valence-corrected chi connectivity index (χ2v) is 6.34. The van der Waals surface area contributed by atoms with E-state index < -0.39 is 6.04 Å². The van der Waals surface area contributed by atoms with Gasteiger partial charge in [-0.1, -0.05) is 18.8 Å². The van der Waals surface area contributed by atoms with Crippen LogP contribution in [0.1, 0.15) is 20.8 Å². The highest BCUT2D eigenvalue weighted by molar-refractivity contribution is 6.23. The molecule has 118 valence electrons. The van der Waals surface area contributed by atoms with Gasteiger partial charge in [0.05, 0.1) is 12.8 Å². The van der Waals surface area contributed by atoms with Crippen LogP contribution in [0.4, 0.5) is 4.79 Å². The predicted octanol–water partition coefficient (Wildman–Crippen LogP) is 0.00690. The highest BCUT2D eigenvalue weighted by atomic mass is 16.2. The van der Waals surface area contributed by atoms with Crippen molar-refractivity contribution < 1.29 is 14.2 Å². The molecular formula is C14H21N6O2+. The zero-order valence-corrected chi connectivity index (χ0v) is 13.6. The van der Waals surface area contributed by atoms with Gasteiger partial charge in [0.15, 0.2) is 0 Å². The lowest BCUT2D eigenvalue weighted by Crippen LogP contribution is -2.63. The molecule has 22 heavy (non-hydrogen) atoms. The second kappa shape index (κ2) is 4.89. The first-order chi connectivity index (χ1) is 10.3. The molecule has 0 aromatic carbocycles. The molecule has 1 saturated heterocycles. The van der Waals surface area contributed by atoms with E-state index in [9.17, 15) is 9.59 Å². The van der Waals surface area contributed by atoms with Crippen LogP contribution >= 0.6 is 0 Å². The van der Waals surface area contributed by atoms with Crippen molar-refractivity contribution in [3.8, 4) is 0 Å². The summed E-state index contributed by atoms with van der Waals surface area (Å²) in [5.41, 5.74) is 0.908. The zero-order chi connectivity index (χ0) is 16.2. The number of nitrogens with zero attached hydrogens (tertiary/aromatic N) is 6. The van der Waals surface area contributed by atoms with Crippen LogP contribution in [-0.4, -0.2) is 82.1 Å². The fourth-order valence-corrected chi connectivity index (χ4v) is 3.04. The third-order valence-corrected chi connectivity index (χ3v) is 3.95. The lowest BCUT2D eigenvalue weighted by atomic mass is 10.1. The number of fused-ring (bicyclic) bond motifs is 2. The summed E-state index contributed by atoms with van der Waals surface area (Å²) in [5, 5.41) is 6.01. The number of hydrogen-bond donors (Lipinski definition) is 0. The predicted molar refractivity (Wildman–Crippen MR) is 81.9 cm³/mol. The number of carbonyl (C=O) groups is 2. The molecule has 0 aromatic heterocycles. The quantitative estimate of drug-likeness (QED) is 0.675. The van der Waals surface area contributed by atoms with Gasteiger partial charge >= 0.3 is 12.0 Å². The third kappa shape index (κ3) is 2.01. The molecule has 8 nitrogen and oxygen atoms in total. The average molecular weight is 305 g/mol. The average Bonchev–Trinajstić information content (AvgIpc) is 2.81. The van der Waals surface area contributed by atoms with E-state index in [0.29, 0.717) is 24.9 Å². The van der Waals surface area contributed by atoms with Crippen molar-refractivity contribution in [2.24, 2.45) is 16.0 Å². The minimum Gasteiger partial charge on any atom is -0.270 e. The van der Waals surface area contributed by atoms with Crippen molar-refractivity contribution in [1.82, 2.24) is 14.8 Å². The molecule has 0 aromatic rings. The fourth-order valence-electron chi connectivity index (χ4n) is 3.04. The molecule has 8 heteroatoms. The van der Waals surface area contributed by atoms with Gasteiger partial charge in [0.2, 0.25) is 11.9 Å². The maximum absolute atomic E-state index is 12.9. The Kier molecular flexibility index (Phi) is 3.26. The summed E-state index contributed by atoms with van der Waals surface area (Å²) >= 11 is 0. The van der Waals surface area contributed by atoms with E-state index in [1.807, 2.05) is 25.3 Å². The Morgan fingerprint density at radius 3 is 2.64 bits per heavy atom. The Bertz CT molecular complexity index is 648. The zero-order valence-electron chi connectivity index (χ0n) is 13.6. The highest BCUT2D eigenvalue weighted by Crippen LogP contribution is 2.22. The lowest BCUT2D eigenvalue weighted by Gasteiger charge is -2.35. The van der Waals surface area contributed by atoms with Crippen LogP contribution in [0.25, 0.3) is 0 Å². The van der Waals surface area contributed by atoms with Crippen LogP contribution in [-0.2, 0) is 4.79 Å². The molecule has 0 aliphatic carbocycles. The number of imide groups is 1. The van der Waals surface area contributed by atoms with Gasteiger partial charge in [-0.15, -0.1) is 10.1 Å². The largest absolute Gasteiger partial charge is 0.416 e. The Morgan fingerprint density at radius 2 is 2.00 bits per heavy atom. The van der Waals surface area contributed by atoms with Crippen molar-refractivity contribution in [3.05, 3.63) is 0 Å². The maximum atomic E-state index is 12.9. The number of amides is 3. The summed E-state index contributed by atoms with van der Waals surface area (Å²) in [6, 6.07) is -0.848. The first-order valence-electron chi connectivity index (χ1n) is 7.40. The minimum absolute atomic E-state index is 0.200. The van der Waals surface area contributed by atoms with Crippen LogP contribution in [0.5, 0.6) is 0 Å². The van der Waals surface area contributed by atoms with Crippen LogP contribution in [0, 0.1) is 5.92 Å². The number of carbonyl (C=O) groups excluding carboxylic acids is 2. The van der Waals surface area contributed by atoms with E-state index in [-0.39, 0.29) is 17.9 Å². The summed E-state index contributed by atoms with van der Waals surface area (Å²) in [6.45, 7) is 6.85. The molecule has 3 aliphatic heterocycles. The molecule has 3 heterocycles. The van der Waals surface area contributed by atoms with Crippen LogP contribution in [0.2, 0.25) is 0 Å². The number of urea groups is 1. The lowest BCUT2D eigenvalue weighted by molar-refractivity contribution is -0.527. The van der Waals surface area contributed by atoms with Gasteiger partial charge in [-0.05, 0) is 12.8 Å². The molecule has 0 bridgehead atoms. The van der Waals surface area contributed by atoms with Gasteiger partial charge in [0.1, 0.15) is 6.54 Å². The SMILES string of the molecule is CC1=NN(C)C2=[N+](C1)C1C(=O)N(CC(C)C)C(=O)N(C)C1=N2. The maximum Gasteiger partial charge on any atom is 0.416 e. The molecule has 3 aliphatic rings. The molecule has 1 atom stereocenters. The molecule has 1 unspecified atom stereocenters. The van der Waals surface area contributed by atoms with Gasteiger partial charge in [-0.3, -0.25) is 14.6 Å². The van der Waals surface area contributed by atoms with E-state index >= 15 is 0 Å². The number of guanidine groups is 1. The Labute approximate surface area is 129 Å². The number of amidine groups is 1. The van der Waals surface area contributed by atoms with Crippen molar-refractivity contribution in [2.75, 3.05) is 27.2 Å². The number of hydrogen-bond acceptors (Lipinski definition) is 5. The summed E-state index contributed by atoms with van der Waals surface area (Å²) in [4.78, 5) is 32.6. The highest BCUT2D eigenvalue weighted by Gasteiger charge is 2.54. The third-order valence-electron chi connectivity index (χ3n) is 3.95. The molecule has 0 saturated carbocycles. The first-order valence-corrected chi connectivity index (χ1v) is 7.40. The monoisotopic (exact) mass is 305 g/mol. The fraction of sp³-hybridized carbons (Fsp3) is 0.643. The Hall–Kier alpha value is -2.25. The number of rotatable bonds is 2. The van der Waals surface area contributed by atoms with E-state index in [1.165, 1.54) is 9.80 Å². The second-order valence-electron chi connectivity index (χ2n) is 6.34. The molecule has 0 radical (unpaired) electrons. The molecule has 3 rings (SSSR count). The van der Waals surface area contributed by atoms with Crippen molar-refractivity contribution >= 4 is 29.4 Å². The summed E-state index contributed by atoms with van der Waals surface area (Å²) < 4.78 is 1.91. The Morgan fingerprint density at radius 1 is 1.32 bits per heavy atom. The van der Waals surface area contributed by atoms with Gasteiger partial charge in [-0.2, -0.15) is 0 Å². The van der Waals surface area contributed by atoms with Gasteiger partial charge in [-0.25, -0.2) is 9.37 Å². The first kappa shape index (κ1) is 14.7. The van der Waals surface area contributed by atoms with Crippen LogP contribution in [0.15, 0.2) is 10.1 Å².